The van der Waals surface area contributed by atoms with Gasteiger partial charge in [0.05, 0.1) is 11.8 Å². The number of rotatable bonds is 2. The minimum Gasteiger partial charge on any atom is -0.441 e. The van der Waals surface area contributed by atoms with Gasteiger partial charge in [0.1, 0.15) is 12.4 Å². The Balaban J connectivity index is 1.59. The Labute approximate surface area is 149 Å². The van der Waals surface area contributed by atoms with Gasteiger partial charge in [-0.1, -0.05) is 42.5 Å². The van der Waals surface area contributed by atoms with Gasteiger partial charge in [0, 0.05) is 23.5 Å². The number of benzene rings is 1. The summed E-state index contributed by atoms with van der Waals surface area (Å²) in [7, 11) is 0. The molecule has 1 heterocycles. The highest BCUT2D eigenvalue weighted by molar-refractivity contribution is 6.17. The molecule has 2 aliphatic rings. The quantitative estimate of drug-likeness (QED) is 0.833. The van der Waals surface area contributed by atoms with Gasteiger partial charge in [-0.2, -0.15) is 0 Å². The highest BCUT2D eigenvalue weighted by atomic mass is 16.6. The summed E-state index contributed by atoms with van der Waals surface area (Å²) >= 11 is 0. The van der Waals surface area contributed by atoms with Crippen molar-refractivity contribution in [2.45, 2.75) is 13.0 Å². The van der Waals surface area contributed by atoms with E-state index in [1.807, 2.05) is 0 Å². The van der Waals surface area contributed by atoms with Crippen LogP contribution in [0.3, 0.4) is 0 Å². The minimum atomic E-state index is -0.563. The van der Waals surface area contributed by atoms with E-state index < -0.39 is 24.0 Å². The van der Waals surface area contributed by atoms with Crippen LogP contribution >= 0.6 is 0 Å². The second-order valence-electron chi connectivity index (χ2n) is 6.35. The number of nitrogens with zero attached hydrogens (tertiary/aromatic N) is 2. The summed E-state index contributed by atoms with van der Waals surface area (Å²) in [5, 5.41) is 0. The smallest absolute Gasteiger partial charge is 0.419 e. The molecule has 3 unspecified atom stereocenters. The molecule has 4 rings (SSSR count). The first-order valence-corrected chi connectivity index (χ1v) is 8.32. The van der Waals surface area contributed by atoms with Crippen LogP contribution in [0.1, 0.15) is 27.6 Å². The fourth-order valence-electron chi connectivity index (χ4n) is 3.38. The molecule has 1 aromatic carbocycles. The zero-order valence-corrected chi connectivity index (χ0v) is 14.0. The number of hydrogen-bond acceptors (Lipinski definition) is 5. The van der Waals surface area contributed by atoms with E-state index in [-0.39, 0.29) is 11.6 Å². The zero-order chi connectivity index (χ0) is 18.3. The van der Waals surface area contributed by atoms with Crippen LogP contribution in [-0.2, 0) is 4.74 Å². The number of fused-ring (bicyclic) bond motifs is 2. The third kappa shape index (κ3) is 2.60. The van der Waals surface area contributed by atoms with E-state index in [1.54, 1.807) is 49.4 Å². The first-order valence-electron chi connectivity index (χ1n) is 8.32. The van der Waals surface area contributed by atoms with Crippen molar-refractivity contribution in [1.29, 1.82) is 0 Å². The van der Waals surface area contributed by atoms with Crippen LogP contribution in [0, 0.1) is 11.8 Å². The molecule has 0 N–H and O–H groups in total. The summed E-state index contributed by atoms with van der Waals surface area (Å²) in [4.78, 5) is 41.4. The van der Waals surface area contributed by atoms with E-state index in [4.69, 9.17) is 4.74 Å². The van der Waals surface area contributed by atoms with Crippen molar-refractivity contribution in [3.05, 3.63) is 77.9 Å². The number of aromatic nitrogens is 2. The lowest BCUT2D eigenvalue weighted by Crippen LogP contribution is -2.36. The van der Waals surface area contributed by atoms with Gasteiger partial charge in [0.15, 0.2) is 11.6 Å². The average molecular weight is 348 g/mol. The molecule has 26 heavy (non-hydrogen) atoms. The van der Waals surface area contributed by atoms with Gasteiger partial charge in [-0.05, 0) is 12.5 Å². The van der Waals surface area contributed by atoms with Crippen molar-refractivity contribution in [2.24, 2.45) is 11.8 Å². The average Bonchev–Trinajstić information content (AvgIpc) is 3.20. The SMILES string of the molecule is CC(OC(=O)n1ccnc1)C1=CC2C(=O)c3ccccc3C(=O)C2C=C1. The standard InChI is InChI=1S/C20H16N2O4/c1-12(26-20(25)22-9-8-21-11-22)13-6-7-16-17(10-13)19(24)15-5-3-2-4-14(15)18(16)23/h2-12,16-17H,1H3. The Morgan fingerprint density at radius 2 is 1.85 bits per heavy atom. The lowest BCUT2D eigenvalue weighted by molar-refractivity contribution is 0.0797. The molecule has 6 heteroatoms. The minimum absolute atomic E-state index is 0.0557. The molecule has 0 amide bonds. The second kappa shape index (κ2) is 6.22. The molecule has 2 aromatic rings. The summed E-state index contributed by atoms with van der Waals surface area (Å²) in [5.41, 5.74) is 1.62. The molecular weight excluding hydrogens is 332 g/mol. The zero-order valence-electron chi connectivity index (χ0n) is 14.0. The maximum absolute atomic E-state index is 12.8. The highest BCUT2D eigenvalue weighted by Gasteiger charge is 2.40. The maximum atomic E-state index is 12.8. The van der Waals surface area contributed by atoms with Crippen LogP contribution in [0.5, 0.6) is 0 Å². The summed E-state index contributed by atoms with van der Waals surface area (Å²) in [5.74, 6) is -1.20. The number of imidazole rings is 1. The molecule has 2 aliphatic carbocycles. The molecule has 0 saturated carbocycles. The Morgan fingerprint density at radius 3 is 2.50 bits per heavy atom. The van der Waals surface area contributed by atoms with E-state index in [1.165, 1.54) is 23.3 Å². The van der Waals surface area contributed by atoms with Crippen LogP contribution in [0.15, 0.2) is 66.8 Å². The molecule has 1 aromatic heterocycles. The molecule has 0 saturated heterocycles. The van der Waals surface area contributed by atoms with Crippen molar-refractivity contribution in [3.63, 3.8) is 0 Å². The summed E-state index contributed by atoms with van der Waals surface area (Å²) in [6.07, 6.45) is 8.47. The van der Waals surface area contributed by atoms with E-state index in [0.717, 1.165) is 0 Å². The van der Waals surface area contributed by atoms with Crippen molar-refractivity contribution in [1.82, 2.24) is 9.55 Å². The third-order valence-electron chi connectivity index (χ3n) is 4.78. The molecule has 3 atom stereocenters. The van der Waals surface area contributed by atoms with E-state index >= 15 is 0 Å². The predicted octanol–water partition coefficient (Wildman–Crippen LogP) is 3.06. The van der Waals surface area contributed by atoms with E-state index in [0.29, 0.717) is 16.7 Å². The van der Waals surface area contributed by atoms with E-state index in [9.17, 15) is 14.4 Å². The van der Waals surface area contributed by atoms with Gasteiger partial charge in [0.2, 0.25) is 0 Å². The second-order valence-corrected chi connectivity index (χ2v) is 6.35. The van der Waals surface area contributed by atoms with Gasteiger partial charge in [-0.25, -0.2) is 14.3 Å². The topological polar surface area (TPSA) is 78.3 Å². The van der Waals surface area contributed by atoms with E-state index in [2.05, 4.69) is 4.98 Å². The third-order valence-corrected chi connectivity index (χ3v) is 4.78. The van der Waals surface area contributed by atoms with Crippen LogP contribution in [0.4, 0.5) is 4.79 Å². The molecular formula is C20H16N2O4. The number of ketones is 2. The van der Waals surface area contributed by atoms with Gasteiger partial charge < -0.3 is 4.74 Å². The lowest BCUT2D eigenvalue weighted by Gasteiger charge is -2.30. The molecule has 0 radical (unpaired) electrons. The largest absolute Gasteiger partial charge is 0.441 e. The molecule has 0 aliphatic heterocycles. The first kappa shape index (κ1) is 16.2. The fraction of sp³-hybridized carbons (Fsp3) is 0.200. The van der Waals surface area contributed by atoms with Gasteiger partial charge in [-0.3, -0.25) is 9.59 Å². The van der Waals surface area contributed by atoms with Crippen molar-refractivity contribution in [3.8, 4) is 0 Å². The number of carbonyl (C=O) groups excluding carboxylic acids is 3. The summed E-state index contributed by atoms with van der Waals surface area (Å²) < 4.78 is 6.65. The molecule has 0 fully saturated rings. The molecule has 0 bridgehead atoms. The summed E-state index contributed by atoms with van der Waals surface area (Å²) in [6, 6.07) is 6.88. The van der Waals surface area contributed by atoms with Crippen LogP contribution in [0.2, 0.25) is 0 Å². The van der Waals surface area contributed by atoms with Crippen molar-refractivity contribution in [2.75, 3.05) is 0 Å². The van der Waals surface area contributed by atoms with Crippen molar-refractivity contribution < 1.29 is 19.1 Å². The number of Topliss-reactive ketones (excluding diaryl/α,β-unsaturated/α-hetero) is 2. The van der Waals surface area contributed by atoms with Crippen LogP contribution in [-0.4, -0.2) is 33.3 Å². The number of ether oxygens (including phenoxy) is 1. The number of hydrogen-bond donors (Lipinski definition) is 0. The van der Waals surface area contributed by atoms with Crippen LogP contribution < -0.4 is 0 Å². The van der Waals surface area contributed by atoms with Crippen molar-refractivity contribution >= 4 is 17.7 Å². The highest BCUT2D eigenvalue weighted by Crippen LogP contribution is 2.36. The van der Waals surface area contributed by atoms with Gasteiger partial charge >= 0.3 is 6.09 Å². The lowest BCUT2D eigenvalue weighted by atomic mass is 9.71. The van der Waals surface area contributed by atoms with Crippen LogP contribution in [0.25, 0.3) is 0 Å². The molecule has 0 spiro atoms. The Hall–Kier alpha value is -3.28. The predicted molar refractivity (Wildman–Crippen MR) is 92.9 cm³/mol. The summed E-state index contributed by atoms with van der Waals surface area (Å²) in [6.45, 7) is 1.73. The number of carbonyl (C=O) groups is 3. The maximum Gasteiger partial charge on any atom is 0.419 e. The fourth-order valence-corrected chi connectivity index (χ4v) is 3.38. The normalized spacial score (nSPS) is 22.3. The van der Waals surface area contributed by atoms with Gasteiger partial charge in [0.25, 0.3) is 0 Å². The molecule has 6 nitrogen and oxygen atoms in total. The van der Waals surface area contributed by atoms with Gasteiger partial charge in [-0.15, -0.1) is 0 Å². The number of allylic oxidation sites excluding steroid dienone is 2. The Bertz CT molecular complexity index is 956. The Morgan fingerprint density at radius 1 is 1.15 bits per heavy atom. The monoisotopic (exact) mass is 348 g/mol. The molecule has 130 valence electrons. The Kier molecular flexibility index (Phi) is 3.88. The first-order chi connectivity index (χ1) is 12.6.